The molecule has 0 bridgehead atoms. The predicted molar refractivity (Wildman–Crippen MR) is 68.2 cm³/mol. The molecule has 0 amide bonds. The first-order valence-electron chi connectivity index (χ1n) is 6.01. The van der Waals surface area contributed by atoms with Crippen LogP contribution in [0.2, 0.25) is 0 Å². The van der Waals surface area contributed by atoms with Crippen LogP contribution in [0.3, 0.4) is 0 Å². The Labute approximate surface area is 107 Å². The number of likely N-dealkylation sites (N-methyl/N-ethyl adjacent to an activating group) is 1. The quantitative estimate of drug-likeness (QED) is 0.896. The van der Waals surface area contributed by atoms with Crippen LogP contribution in [0.15, 0.2) is 18.2 Å². The van der Waals surface area contributed by atoms with Gasteiger partial charge in [0.15, 0.2) is 0 Å². The number of halogens is 2. The van der Waals surface area contributed by atoms with E-state index in [2.05, 4.69) is 0 Å². The summed E-state index contributed by atoms with van der Waals surface area (Å²) in [4.78, 5) is 1.78. The Kier molecular flexibility index (Phi) is 4.82. The van der Waals surface area contributed by atoms with Crippen LogP contribution in [0.25, 0.3) is 0 Å². The topological polar surface area (TPSA) is 23.5 Å². The van der Waals surface area contributed by atoms with Crippen LogP contribution in [0.4, 0.5) is 8.78 Å². The first kappa shape index (κ1) is 15.1. The van der Waals surface area contributed by atoms with E-state index in [0.29, 0.717) is 0 Å². The lowest BCUT2D eigenvalue weighted by atomic mass is 9.86. The van der Waals surface area contributed by atoms with Gasteiger partial charge in [-0.05, 0) is 24.6 Å². The fourth-order valence-corrected chi connectivity index (χ4v) is 2.12. The molecule has 0 aliphatic heterocycles. The maximum absolute atomic E-state index is 13.5. The second kappa shape index (κ2) is 5.76. The van der Waals surface area contributed by atoms with Gasteiger partial charge in [-0.15, -0.1) is 0 Å². The summed E-state index contributed by atoms with van der Waals surface area (Å²) in [6, 6.07) is 3.69. The average molecular weight is 257 g/mol. The summed E-state index contributed by atoms with van der Waals surface area (Å²) in [6.45, 7) is 6.06. The molecule has 0 radical (unpaired) electrons. The smallest absolute Gasteiger partial charge is 0.130 e. The number of rotatable bonds is 4. The normalized spacial score (nSPS) is 14.0. The molecule has 0 fully saturated rings. The molecule has 0 heterocycles. The molecule has 1 unspecified atom stereocenters. The molecular weight excluding hydrogens is 236 g/mol. The van der Waals surface area contributed by atoms with Crippen LogP contribution in [-0.4, -0.2) is 29.7 Å². The van der Waals surface area contributed by atoms with Gasteiger partial charge in [-0.1, -0.05) is 26.8 Å². The zero-order chi connectivity index (χ0) is 13.9. The van der Waals surface area contributed by atoms with Crippen LogP contribution in [0.5, 0.6) is 0 Å². The highest BCUT2D eigenvalue weighted by atomic mass is 19.1. The minimum atomic E-state index is -0.549. The molecule has 1 atom stereocenters. The van der Waals surface area contributed by atoms with E-state index in [1.807, 2.05) is 20.8 Å². The molecule has 18 heavy (non-hydrogen) atoms. The third-order valence-electron chi connectivity index (χ3n) is 3.17. The van der Waals surface area contributed by atoms with E-state index >= 15 is 0 Å². The van der Waals surface area contributed by atoms with Gasteiger partial charge in [0.2, 0.25) is 0 Å². The first-order chi connectivity index (χ1) is 8.27. The largest absolute Gasteiger partial charge is 0.395 e. The zero-order valence-electron chi connectivity index (χ0n) is 11.4. The van der Waals surface area contributed by atoms with E-state index in [-0.39, 0.29) is 30.2 Å². The fourth-order valence-electron chi connectivity index (χ4n) is 2.12. The van der Waals surface area contributed by atoms with Crippen molar-refractivity contribution in [1.29, 1.82) is 0 Å². The van der Waals surface area contributed by atoms with E-state index in [9.17, 15) is 13.9 Å². The molecule has 4 heteroatoms. The van der Waals surface area contributed by atoms with Crippen LogP contribution in [0.1, 0.15) is 26.3 Å². The Balaban J connectivity index is 2.90. The molecule has 0 aliphatic rings. The summed E-state index contributed by atoms with van der Waals surface area (Å²) in [7, 11) is 1.76. The van der Waals surface area contributed by atoms with Crippen molar-refractivity contribution in [3.63, 3.8) is 0 Å². The lowest BCUT2D eigenvalue weighted by molar-refractivity contribution is 0.0600. The minimum Gasteiger partial charge on any atom is -0.395 e. The van der Waals surface area contributed by atoms with Crippen molar-refractivity contribution in [2.75, 3.05) is 13.7 Å². The maximum Gasteiger partial charge on any atom is 0.130 e. The monoisotopic (exact) mass is 257 g/mol. The second-order valence-corrected chi connectivity index (χ2v) is 5.68. The molecular formula is C14H21F2NO. The number of aliphatic hydroxyl groups is 1. The summed E-state index contributed by atoms with van der Waals surface area (Å²) >= 11 is 0. The van der Waals surface area contributed by atoms with Crippen LogP contribution >= 0.6 is 0 Å². The van der Waals surface area contributed by atoms with Gasteiger partial charge in [-0.25, -0.2) is 8.78 Å². The molecule has 2 nitrogen and oxygen atoms in total. The van der Waals surface area contributed by atoms with Crippen molar-refractivity contribution in [3.05, 3.63) is 35.4 Å². The minimum absolute atomic E-state index is 0.0442. The standard InChI is InChI=1S/C14H21F2NO/c1-14(2,3)13(9-18)17(4)8-10-11(15)6-5-7-12(10)16/h5-7,13,18H,8-9H2,1-4H3. The molecule has 0 spiro atoms. The number of hydrogen-bond donors (Lipinski definition) is 1. The molecule has 1 aromatic carbocycles. The molecule has 0 saturated heterocycles. The molecule has 102 valence electrons. The summed E-state index contributed by atoms with van der Waals surface area (Å²) in [5, 5.41) is 9.42. The fraction of sp³-hybridized carbons (Fsp3) is 0.571. The van der Waals surface area contributed by atoms with E-state index < -0.39 is 11.6 Å². The molecule has 0 aromatic heterocycles. The van der Waals surface area contributed by atoms with Crippen molar-refractivity contribution in [2.45, 2.75) is 33.4 Å². The van der Waals surface area contributed by atoms with Crippen molar-refractivity contribution >= 4 is 0 Å². The highest BCUT2D eigenvalue weighted by Gasteiger charge is 2.28. The third-order valence-corrected chi connectivity index (χ3v) is 3.17. The van der Waals surface area contributed by atoms with Crippen LogP contribution < -0.4 is 0 Å². The Hall–Kier alpha value is -1.00. The zero-order valence-corrected chi connectivity index (χ0v) is 11.4. The second-order valence-electron chi connectivity index (χ2n) is 5.68. The molecule has 1 rings (SSSR count). The summed E-state index contributed by atoms with van der Waals surface area (Å²) in [5.74, 6) is -1.10. The van der Waals surface area contributed by atoms with Crippen molar-refractivity contribution < 1.29 is 13.9 Å². The number of nitrogens with zero attached hydrogens (tertiary/aromatic N) is 1. The van der Waals surface area contributed by atoms with Gasteiger partial charge in [0.25, 0.3) is 0 Å². The van der Waals surface area contributed by atoms with E-state index in [0.717, 1.165) is 0 Å². The van der Waals surface area contributed by atoms with Gasteiger partial charge in [0.05, 0.1) is 6.61 Å². The van der Waals surface area contributed by atoms with Crippen molar-refractivity contribution in [1.82, 2.24) is 4.90 Å². The predicted octanol–water partition coefficient (Wildman–Crippen LogP) is 2.80. The Morgan fingerprint density at radius 2 is 1.72 bits per heavy atom. The van der Waals surface area contributed by atoms with Gasteiger partial charge >= 0.3 is 0 Å². The average Bonchev–Trinajstić information content (AvgIpc) is 2.22. The van der Waals surface area contributed by atoms with Gasteiger partial charge in [-0.2, -0.15) is 0 Å². The summed E-state index contributed by atoms with van der Waals surface area (Å²) in [5.41, 5.74) is -0.117. The highest BCUT2D eigenvalue weighted by Crippen LogP contribution is 2.25. The highest BCUT2D eigenvalue weighted by molar-refractivity contribution is 5.19. The van der Waals surface area contributed by atoms with E-state index in [4.69, 9.17) is 0 Å². The van der Waals surface area contributed by atoms with Crippen LogP contribution in [0, 0.1) is 17.0 Å². The number of aliphatic hydroxyl groups excluding tert-OH is 1. The van der Waals surface area contributed by atoms with Gasteiger partial charge < -0.3 is 5.11 Å². The molecule has 1 N–H and O–H groups in total. The molecule has 0 saturated carbocycles. The van der Waals surface area contributed by atoms with Gasteiger partial charge in [0, 0.05) is 18.2 Å². The van der Waals surface area contributed by atoms with Gasteiger partial charge in [-0.3, -0.25) is 4.90 Å². The molecule has 0 aliphatic carbocycles. The SMILES string of the molecule is CN(Cc1c(F)cccc1F)C(CO)C(C)(C)C. The maximum atomic E-state index is 13.5. The Morgan fingerprint density at radius 3 is 2.11 bits per heavy atom. The Bertz CT molecular complexity index is 381. The summed E-state index contributed by atoms with van der Waals surface area (Å²) < 4.78 is 27.1. The van der Waals surface area contributed by atoms with Crippen molar-refractivity contribution in [2.24, 2.45) is 5.41 Å². The van der Waals surface area contributed by atoms with E-state index in [1.165, 1.54) is 18.2 Å². The summed E-state index contributed by atoms with van der Waals surface area (Å²) in [6.07, 6.45) is 0. The Morgan fingerprint density at radius 1 is 1.22 bits per heavy atom. The lowest BCUT2D eigenvalue weighted by Gasteiger charge is -2.36. The van der Waals surface area contributed by atoms with Gasteiger partial charge in [0.1, 0.15) is 11.6 Å². The first-order valence-corrected chi connectivity index (χ1v) is 6.01. The number of hydrogen-bond acceptors (Lipinski definition) is 2. The number of benzene rings is 1. The lowest BCUT2D eigenvalue weighted by Crippen LogP contribution is -2.44. The van der Waals surface area contributed by atoms with Crippen LogP contribution in [-0.2, 0) is 6.54 Å². The molecule has 1 aromatic rings. The van der Waals surface area contributed by atoms with Crippen molar-refractivity contribution in [3.8, 4) is 0 Å². The third kappa shape index (κ3) is 3.50. The van der Waals surface area contributed by atoms with E-state index in [1.54, 1.807) is 11.9 Å².